The van der Waals surface area contributed by atoms with E-state index in [4.69, 9.17) is 4.74 Å². The van der Waals surface area contributed by atoms with E-state index < -0.39 is 11.6 Å². The van der Waals surface area contributed by atoms with Crippen molar-refractivity contribution in [3.63, 3.8) is 0 Å². The van der Waals surface area contributed by atoms with Gasteiger partial charge in [0.2, 0.25) is 0 Å². The van der Waals surface area contributed by atoms with Gasteiger partial charge in [-0.25, -0.2) is 9.18 Å². The lowest BCUT2D eigenvalue weighted by atomic mass is 9.74. The Hall–Kier alpha value is -2.93. The fourth-order valence-corrected chi connectivity index (χ4v) is 5.80. The molecule has 4 heterocycles. The molecule has 6 rings (SSSR count). The average molecular weight is 422 g/mol. The first-order valence-electron chi connectivity index (χ1n) is 10.8. The van der Waals surface area contributed by atoms with Crippen molar-refractivity contribution in [2.75, 3.05) is 0 Å². The number of pyridine rings is 1. The summed E-state index contributed by atoms with van der Waals surface area (Å²) in [5.74, 6) is -0.930. The van der Waals surface area contributed by atoms with Gasteiger partial charge in [0.1, 0.15) is 12.4 Å². The number of dihydropyridines is 1. The maximum absolute atomic E-state index is 14.6. The Balaban J connectivity index is 1.58. The third-order valence-corrected chi connectivity index (χ3v) is 7.52. The summed E-state index contributed by atoms with van der Waals surface area (Å²) in [6, 6.07) is 1.47. The van der Waals surface area contributed by atoms with Crippen molar-refractivity contribution in [1.82, 2.24) is 9.88 Å². The minimum Gasteiger partial charge on any atom is -0.458 e. The predicted octanol–water partition coefficient (Wildman–Crippen LogP) is 2.86. The fourth-order valence-electron chi connectivity index (χ4n) is 5.80. The van der Waals surface area contributed by atoms with Crippen molar-refractivity contribution < 1.29 is 19.0 Å². The third kappa shape index (κ3) is 2.24. The molecular weight excluding hydrogens is 399 g/mol. The van der Waals surface area contributed by atoms with Crippen molar-refractivity contribution >= 4 is 11.7 Å². The summed E-state index contributed by atoms with van der Waals surface area (Å²) in [5, 5.41) is 14.5. The van der Waals surface area contributed by atoms with Gasteiger partial charge in [-0.1, -0.05) is 6.92 Å². The second kappa shape index (κ2) is 6.07. The van der Waals surface area contributed by atoms with E-state index in [-0.39, 0.29) is 30.5 Å². The van der Waals surface area contributed by atoms with Crippen molar-refractivity contribution in [3.05, 3.63) is 73.0 Å². The van der Waals surface area contributed by atoms with Gasteiger partial charge in [0.15, 0.2) is 5.60 Å². The largest absolute Gasteiger partial charge is 0.458 e. The number of hydrogen-bond donors (Lipinski definition) is 2. The SMILES string of the molecule is CCC1(O)C(=O)OCc2c1cc1n(c2=O)CC2=C1NC1C=C(F)C(C)=C3CCCC2=C31. The molecule has 2 unspecified atom stereocenters. The molecule has 1 aromatic heterocycles. The first-order valence-corrected chi connectivity index (χ1v) is 10.8. The van der Waals surface area contributed by atoms with E-state index in [1.54, 1.807) is 23.6 Å². The van der Waals surface area contributed by atoms with Gasteiger partial charge in [0, 0.05) is 11.1 Å². The first-order chi connectivity index (χ1) is 14.8. The van der Waals surface area contributed by atoms with Gasteiger partial charge in [-0.3, -0.25) is 4.79 Å². The fraction of sp³-hybridized carbons (Fsp3) is 0.417. The molecule has 0 aromatic carbocycles. The number of aromatic nitrogens is 1. The van der Waals surface area contributed by atoms with Crippen LogP contribution in [-0.2, 0) is 28.3 Å². The molecule has 2 atom stereocenters. The zero-order valence-corrected chi connectivity index (χ0v) is 17.5. The Morgan fingerprint density at radius 3 is 2.84 bits per heavy atom. The molecule has 0 saturated carbocycles. The van der Waals surface area contributed by atoms with Crippen LogP contribution in [0.4, 0.5) is 4.39 Å². The summed E-state index contributed by atoms with van der Waals surface area (Å²) in [6.07, 6.45) is 4.42. The van der Waals surface area contributed by atoms with Gasteiger partial charge in [-0.2, -0.15) is 0 Å². The van der Waals surface area contributed by atoms with E-state index >= 15 is 0 Å². The highest BCUT2D eigenvalue weighted by molar-refractivity contribution is 5.85. The van der Waals surface area contributed by atoms with Crippen LogP contribution in [0.5, 0.6) is 0 Å². The molecule has 0 amide bonds. The van der Waals surface area contributed by atoms with Crippen LogP contribution in [0.2, 0.25) is 0 Å². The Morgan fingerprint density at radius 1 is 1.29 bits per heavy atom. The van der Waals surface area contributed by atoms with E-state index in [0.717, 1.165) is 41.7 Å². The van der Waals surface area contributed by atoms with Gasteiger partial charge in [-0.15, -0.1) is 0 Å². The molecule has 0 fully saturated rings. The normalized spacial score (nSPS) is 28.5. The molecular formula is C24H23FN2O4. The van der Waals surface area contributed by atoms with Crippen molar-refractivity contribution in [2.24, 2.45) is 0 Å². The molecule has 1 aromatic rings. The number of rotatable bonds is 1. The van der Waals surface area contributed by atoms with E-state index in [1.807, 2.05) is 6.92 Å². The number of esters is 1. The molecule has 0 spiro atoms. The van der Waals surface area contributed by atoms with E-state index in [9.17, 15) is 19.1 Å². The van der Waals surface area contributed by atoms with Crippen LogP contribution < -0.4 is 10.9 Å². The maximum atomic E-state index is 14.6. The number of nitrogens with zero attached hydrogens (tertiary/aromatic N) is 1. The third-order valence-electron chi connectivity index (χ3n) is 7.52. The van der Waals surface area contributed by atoms with E-state index in [1.165, 1.54) is 5.57 Å². The summed E-state index contributed by atoms with van der Waals surface area (Å²) in [4.78, 5) is 25.7. The molecule has 0 bridgehead atoms. The summed E-state index contributed by atoms with van der Waals surface area (Å²) in [7, 11) is 0. The van der Waals surface area contributed by atoms with E-state index in [0.29, 0.717) is 28.9 Å². The number of carbonyl (C=O) groups excluding carboxylic acids is 1. The number of allylic oxidation sites excluding steroid dienone is 4. The minimum absolute atomic E-state index is 0.111. The van der Waals surface area contributed by atoms with Crippen LogP contribution in [0.25, 0.3) is 5.70 Å². The van der Waals surface area contributed by atoms with Gasteiger partial charge in [-0.05, 0) is 67.0 Å². The second-order valence-electron chi connectivity index (χ2n) is 8.94. The second-order valence-corrected chi connectivity index (χ2v) is 8.94. The quantitative estimate of drug-likeness (QED) is 0.681. The average Bonchev–Trinajstić information content (AvgIpc) is 3.14. The van der Waals surface area contributed by atoms with Crippen LogP contribution in [0, 0.1) is 0 Å². The van der Waals surface area contributed by atoms with Gasteiger partial charge >= 0.3 is 5.97 Å². The lowest BCUT2D eigenvalue weighted by molar-refractivity contribution is -0.172. The Morgan fingerprint density at radius 2 is 2.06 bits per heavy atom. The van der Waals surface area contributed by atoms with Crippen LogP contribution in [0.1, 0.15) is 56.4 Å². The molecule has 31 heavy (non-hydrogen) atoms. The smallest absolute Gasteiger partial charge is 0.343 e. The van der Waals surface area contributed by atoms with Gasteiger partial charge < -0.3 is 19.7 Å². The van der Waals surface area contributed by atoms with Crippen LogP contribution >= 0.6 is 0 Å². The molecule has 7 heteroatoms. The number of aliphatic hydroxyl groups is 1. The minimum atomic E-state index is -1.83. The predicted molar refractivity (Wildman–Crippen MR) is 111 cm³/mol. The lowest BCUT2D eigenvalue weighted by Gasteiger charge is -2.37. The Bertz CT molecular complexity index is 1280. The zero-order chi connectivity index (χ0) is 21.7. The van der Waals surface area contributed by atoms with Crippen molar-refractivity contribution in [2.45, 2.75) is 64.3 Å². The topological polar surface area (TPSA) is 80.6 Å². The number of halogens is 1. The molecule has 3 aliphatic heterocycles. The highest BCUT2D eigenvalue weighted by Crippen LogP contribution is 2.48. The van der Waals surface area contributed by atoms with Gasteiger partial charge in [0.25, 0.3) is 5.56 Å². The Labute approximate surface area is 178 Å². The van der Waals surface area contributed by atoms with Gasteiger partial charge in [0.05, 0.1) is 29.5 Å². The molecule has 0 radical (unpaired) electrons. The highest BCUT2D eigenvalue weighted by atomic mass is 19.1. The van der Waals surface area contributed by atoms with Crippen LogP contribution in [0.15, 0.2) is 50.6 Å². The first kappa shape index (κ1) is 18.8. The number of ether oxygens (including phenoxy) is 1. The summed E-state index contributed by atoms with van der Waals surface area (Å²) in [5.41, 5.74) is 5.19. The van der Waals surface area contributed by atoms with Crippen LogP contribution in [0.3, 0.4) is 0 Å². The van der Waals surface area contributed by atoms with Crippen molar-refractivity contribution in [3.8, 4) is 0 Å². The molecule has 5 aliphatic rings. The number of carbonyl (C=O) groups is 1. The molecule has 160 valence electrons. The number of nitrogens with one attached hydrogen (secondary N) is 1. The zero-order valence-electron chi connectivity index (χ0n) is 17.5. The molecule has 6 nitrogen and oxygen atoms in total. The number of hydrogen-bond acceptors (Lipinski definition) is 5. The standard InChI is InChI=1S/C24H23FN2O4/c1-3-24(30)16-7-19-21-14(9-27(19)22(28)15(16)10-31-23(24)29)13-6-4-5-12-11(2)17(25)8-18(26-21)20(12)13/h7-8,18,26,30H,3-6,9-10H2,1-2H3. The monoisotopic (exact) mass is 422 g/mol. The number of fused-ring (bicyclic) bond motifs is 4. The van der Waals surface area contributed by atoms with Crippen molar-refractivity contribution in [1.29, 1.82) is 0 Å². The molecule has 0 saturated heterocycles. The molecule has 2 aliphatic carbocycles. The molecule has 2 N–H and O–H groups in total. The van der Waals surface area contributed by atoms with E-state index in [2.05, 4.69) is 5.32 Å². The maximum Gasteiger partial charge on any atom is 0.343 e. The highest BCUT2D eigenvalue weighted by Gasteiger charge is 2.46. The van der Waals surface area contributed by atoms with Crippen LogP contribution in [-0.4, -0.2) is 21.7 Å². The Kier molecular flexibility index (Phi) is 3.68. The lowest BCUT2D eigenvalue weighted by Crippen LogP contribution is -2.44. The summed E-state index contributed by atoms with van der Waals surface area (Å²) >= 11 is 0. The number of cyclic esters (lactones) is 1. The summed E-state index contributed by atoms with van der Waals surface area (Å²) < 4.78 is 21.5. The summed E-state index contributed by atoms with van der Waals surface area (Å²) in [6.45, 7) is 3.81.